The Morgan fingerprint density at radius 1 is 1.04 bits per heavy atom. The summed E-state index contributed by atoms with van der Waals surface area (Å²) >= 11 is 0. The standard InChI is InChI=1S/C22H20N2O4/c1-2-27-22(26)19-20(25)21(28-15-17-11-7-4-8-12-17)18(23-24-19)14-13-16-9-5-3-6-10-16/h3-14H,2,15H2,1H3,(H,23,25)/b14-13+. The second-order valence-corrected chi connectivity index (χ2v) is 5.88. The van der Waals surface area contributed by atoms with Crippen LogP contribution in [0.5, 0.6) is 5.75 Å². The first-order valence-electron chi connectivity index (χ1n) is 8.88. The Morgan fingerprint density at radius 2 is 1.71 bits per heavy atom. The Hall–Kier alpha value is -3.67. The van der Waals surface area contributed by atoms with Gasteiger partial charge in [-0.05, 0) is 24.1 Å². The second-order valence-electron chi connectivity index (χ2n) is 5.88. The van der Waals surface area contributed by atoms with Crippen LogP contribution in [0.3, 0.4) is 0 Å². The number of esters is 1. The number of rotatable bonds is 7. The summed E-state index contributed by atoms with van der Waals surface area (Å²) in [5.74, 6) is -0.763. The first kappa shape index (κ1) is 19.1. The zero-order valence-corrected chi connectivity index (χ0v) is 15.4. The van der Waals surface area contributed by atoms with E-state index in [1.54, 1.807) is 13.0 Å². The Morgan fingerprint density at radius 3 is 2.39 bits per heavy atom. The summed E-state index contributed by atoms with van der Waals surface area (Å²) < 4.78 is 10.7. The molecule has 1 N–H and O–H groups in total. The summed E-state index contributed by atoms with van der Waals surface area (Å²) in [5, 5.41) is 6.61. The molecule has 3 aromatic rings. The number of hydrogen-bond acceptors (Lipinski definition) is 5. The SMILES string of the molecule is CCOC(=O)c1n[nH]c(/C=C/c2ccccc2)c(OCc2ccccc2)c1=O. The monoisotopic (exact) mass is 376 g/mol. The molecule has 0 radical (unpaired) electrons. The van der Waals surface area contributed by atoms with Gasteiger partial charge < -0.3 is 9.47 Å². The minimum absolute atomic E-state index is 0.0223. The number of aromatic amines is 1. The first-order chi connectivity index (χ1) is 13.7. The lowest BCUT2D eigenvalue weighted by Gasteiger charge is -2.10. The maximum Gasteiger partial charge on any atom is 0.363 e. The van der Waals surface area contributed by atoms with E-state index in [1.807, 2.05) is 66.7 Å². The zero-order valence-electron chi connectivity index (χ0n) is 15.4. The van der Waals surface area contributed by atoms with Gasteiger partial charge in [-0.1, -0.05) is 66.7 Å². The van der Waals surface area contributed by atoms with E-state index in [-0.39, 0.29) is 24.7 Å². The molecule has 3 rings (SSSR count). The number of aromatic nitrogens is 2. The highest BCUT2D eigenvalue weighted by atomic mass is 16.5. The van der Waals surface area contributed by atoms with Gasteiger partial charge in [0.1, 0.15) is 12.3 Å². The van der Waals surface area contributed by atoms with Gasteiger partial charge in [0.15, 0.2) is 5.75 Å². The largest absolute Gasteiger partial charge is 0.483 e. The van der Waals surface area contributed by atoms with Crippen molar-refractivity contribution in [3.63, 3.8) is 0 Å². The summed E-state index contributed by atoms with van der Waals surface area (Å²) in [4.78, 5) is 24.8. The molecule has 0 aliphatic carbocycles. The molecule has 0 saturated heterocycles. The van der Waals surface area contributed by atoms with Crippen molar-refractivity contribution in [2.45, 2.75) is 13.5 Å². The van der Waals surface area contributed by atoms with E-state index in [0.717, 1.165) is 11.1 Å². The topological polar surface area (TPSA) is 81.3 Å². The maximum absolute atomic E-state index is 12.8. The number of carbonyl (C=O) groups is 1. The van der Waals surface area contributed by atoms with Crippen LogP contribution in [-0.4, -0.2) is 22.8 Å². The zero-order chi connectivity index (χ0) is 19.8. The van der Waals surface area contributed by atoms with Crippen LogP contribution in [0.15, 0.2) is 65.5 Å². The van der Waals surface area contributed by atoms with Crippen LogP contribution < -0.4 is 10.2 Å². The molecule has 0 unspecified atom stereocenters. The normalized spacial score (nSPS) is 10.8. The van der Waals surface area contributed by atoms with Crippen LogP contribution in [-0.2, 0) is 11.3 Å². The van der Waals surface area contributed by atoms with E-state index >= 15 is 0 Å². The molecule has 6 nitrogen and oxygen atoms in total. The van der Waals surface area contributed by atoms with Gasteiger partial charge in [0.2, 0.25) is 5.69 Å². The van der Waals surface area contributed by atoms with Gasteiger partial charge >= 0.3 is 5.97 Å². The Bertz CT molecular complexity index is 1010. The number of nitrogens with one attached hydrogen (secondary N) is 1. The molecule has 28 heavy (non-hydrogen) atoms. The van der Waals surface area contributed by atoms with Gasteiger partial charge in [-0.2, -0.15) is 5.10 Å². The molecule has 1 heterocycles. The van der Waals surface area contributed by atoms with Crippen LogP contribution in [0.4, 0.5) is 0 Å². The number of H-pyrrole nitrogens is 1. The fourth-order valence-corrected chi connectivity index (χ4v) is 2.52. The van der Waals surface area contributed by atoms with E-state index in [4.69, 9.17) is 9.47 Å². The van der Waals surface area contributed by atoms with Crippen molar-refractivity contribution in [3.8, 4) is 5.75 Å². The molecule has 0 atom stereocenters. The predicted octanol–water partition coefficient (Wildman–Crippen LogP) is 3.70. The fraction of sp³-hybridized carbons (Fsp3) is 0.136. The number of ether oxygens (including phenoxy) is 2. The molecule has 0 amide bonds. The van der Waals surface area contributed by atoms with Crippen LogP contribution >= 0.6 is 0 Å². The van der Waals surface area contributed by atoms with Gasteiger partial charge in [0, 0.05) is 0 Å². The molecule has 142 valence electrons. The van der Waals surface area contributed by atoms with Crippen LogP contribution in [0.25, 0.3) is 12.2 Å². The van der Waals surface area contributed by atoms with Crippen LogP contribution in [0, 0.1) is 0 Å². The fourth-order valence-electron chi connectivity index (χ4n) is 2.52. The highest BCUT2D eigenvalue weighted by Crippen LogP contribution is 2.16. The Labute approximate surface area is 162 Å². The molecule has 0 fully saturated rings. The maximum atomic E-state index is 12.8. The predicted molar refractivity (Wildman–Crippen MR) is 107 cm³/mol. The quantitative estimate of drug-likeness (QED) is 0.636. The Kier molecular flexibility index (Phi) is 6.36. The molecule has 0 aliphatic heterocycles. The third kappa shape index (κ3) is 4.73. The number of carbonyl (C=O) groups excluding carboxylic acids is 1. The highest BCUT2D eigenvalue weighted by Gasteiger charge is 2.20. The second kappa shape index (κ2) is 9.32. The average Bonchev–Trinajstić information content (AvgIpc) is 2.73. The van der Waals surface area contributed by atoms with Crippen molar-refractivity contribution in [1.82, 2.24) is 10.2 Å². The highest BCUT2D eigenvalue weighted by molar-refractivity contribution is 5.87. The summed E-state index contributed by atoms with van der Waals surface area (Å²) in [6.07, 6.45) is 3.52. The van der Waals surface area contributed by atoms with Gasteiger partial charge in [-0.15, -0.1) is 0 Å². The van der Waals surface area contributed by atoms with Gasteiger partial charge in [-0.3, -0.25) is 9.89 Å². The van der Waals surface area contributed by atoms with Crippen molar-refractivity contribution >= 4 is 18.1 Å². The minimum atomic E-state index is -0.785. The first-order valence-corrected chi connectivity index (χ1v) is 8.88. The number of benzene rings is 2. The van der Waals surface area contributed by atoms with Crippen molar-refractivity contribution in [2.24, 2.45) is 0 Å². The van der Waals surface area contributed by atoms with Crippen molar-refractivity contribution in [1.29, 1.82) is 0 Å². The molecular formula is C22H20N2O4. The van der Waals surface area contributed by atoms with E-state index in [9.17, 15) is 9.59 Å². The lowest BCUT2D eigenvalue weighted by Crippen LogP contribution is -2.23. The third-order valence-electron chi connectivity index (χ3n) is 3.89. The van der Waals surface area contributed by atoms with E-state index < -0.39 is 11.4 Å². The summed E-state index contributed by atoms with van der Waals surface area (Å²) in [5.41, 5.74) is 1.28. The molecule has 0 spiro atoms. The van der Waals surface area contributed by atoms with Crippen molar-refractivity contribution in [2.75, 3.05) is 6.61 Å². The molecule has 2 aromatic carbocycles. The van der Waals surface area contributed by atoms with Gasteiger partial charge in [-0.25, -0.2) is 4.79 Å². The number of hydrogen-bond donors (Lipinski definition) is 1. The lowest BCUT2D eigenvalue weighted by molar-refractivity contribution is 0.0515. The molecular weight excluding hydrogens is 356 g/mol. The summed E-state index contributed by atoms with van der Waals surface area (Å²) in [6, 6.07) is 19.1. The summed E-state index contributed by atoms with van der Waals surface area (Å²) in [7, 11) is 0. The average molecular weight is 376 g/mol. The molecule has 0 saturated carbocycles. The molecule has 0 aliphatic rings. The van der Waals surface area contributed by atoms with Crippen LogP contribution in [0.2, 0.25) is 0 Å². The van der Waals surface area contributed by atoms with Crippen molar-refractivity contribution < 1.29 is 14.3 Å². The molecule has 6 heteroatoms. The number of nitrogens with zero attached hydrogens (tertiary/aromatic N) is 1. The van der Waals surface area contributed by atoms with Crippen LogP contribution in [0.1, 0.15) is 34.2 Å². The van der Waals surface area contributed by atoms with E-state index in [1.165, 1.54) is 0 Å². The van der Waals surface area contributed by atoms with E-state index in [0.29, 0.717) is 5.69 Å². The molecule has 1 aromatic heterocycles. The minimum Gasteiger partial charge on any atom is -0.483 e. The third-order valence-corrected chi connectivity index (χ3v) is 3.89. The Balaban J connectivity index is 1.95. The smallest absolute Gasteiger partial charge is 0.363 e. The summed E-state index contributed by atoms with van der Waals surface area (Å²) in [6.45, 7) is 1.99. The van der Waals surface area contributed by atoms with Gasteiger partial charge in [0.25, 0.3) is 5.43 Å². The van der Waals surface area contributed by atoms with Gasteiger partial charge in [0.05, 0.1) is 6.61 Å². The van der Waals surface area contributed by atoms with Crippen molar-refractivity contribution in [3.05, 3.63) is 93.4 Å². The lowest BCUT2D eigenvalue weighted by atomic mass is 10.2. The molecule has 0 bridgehead atoms. The van der Waals surface area contributed by atoms with E-state index in [2.05, 4.69) is 10.2 Å².